The summed E-state index contributed by atoms with van der Waals surface area (Å²) in [4.78, 5) is 28.0. The lowest BCUT2D eigenvalue weighted by molar-refractivity contribution is 0.0711. The zero-order valence-electron chi connectivity index (χ0n) is 18.4. The van der Waals surface area contributed by atoms with Gasteiger partial charge in [-0.25, -0.2) is 15.0 Å². The molecule has 3 aromatic heterocycles. The topological polar surface area (TPSA) is 93.4 Å². The molecule has 2 aliphatic rings. The average Bonchev–Trinajstić information content (AvgIpc) is 3.41. The number of hydrogen-bond acceptors (Lipinski definition) is 7. The Balaban J connectivity index is 1.36. The Morgan fingerprint density at radius 1 is 1.28 bits per heavy atom. The van der Waals surface area contributed by atoms with E-state index in [9.17, 15) is 9.18 Å². The summed E-state index contributed by atoms with van der Waals surface area (Å²) in [6.45, 7) is 5.03. The van der Waals surface area contributed by atoms with Crippen LogP contribution in [0.2, 0.25) is 0 Å². The summed E-state index contributed by atoms with van der Waals surface area (Å²) < 4.78 is 24.8. The first-order valence-electron chi connectivity index (χ1n) is 10.9. The number of anilines is 1. The van der Waals surface area contributed by atoms with Gasteiger partial charge in [0.25, 0.3) is 11.9 Å². The van der Waals surface area contributed by atoms with E-state index < -0.39 is 5.95 Å². The lowest BCUT2D eigenvalue weighted by Gasteiger charge is -2.32. The maximum Gasteiger partial charge on any atom is 0.258 e. The van der Waals surface area contributed by atoms with E-state index in [1.54, 1.807) is 19.1 Å². The van der Waals surface area contributed by atoms with Crippen molar-refractivity contribution in [2.75, 3.05) is 25.5 Å². The molecule has 1 saturated heterocycles. The Hall–Kier alpha value is -3.23. The highest BCUT2D eigenvalue weighted by atomic mass is 19.1. The third kappa shape index (κ3) is 3.65. The van der Waals surface area contributed by atoms with E-state index in [-0.39, 0.29) is 23.1 Å². The van der Waals surface area contributed by atoms with Gasteiger partial charge >= 0.3 is 0 Å². The van der Waals surface area contributed by atoms with Gasteiger partial charge in [0.15, 0.2) is 5.75 Å². The maximum atomic E-state index is 14.0. The number of carbonyl (C=O) groups is 1. The quantitative estimate of drug-likeness (QED) is 0.599. The number of carbonyl (C=O) groups excluding carboxylic acids is 1. The summed E-state index contributed by atoms with van der Waals surface area (Å²) >= 11 is 0. The van der Waals surface area contributed by atoms with Gasteiger partial charge in [0, 0.05) is 30.2 Å². The molecule has 1 amide bonds. The van der Waals surface area contributed by atoms with Crippen molar-refractivity contribution >= 4 is 22.8 Å². The molecule has 3 aromatic rings. The SMILES string of the molecule is COc1ccc(C2CCN(C(=O)c3c(C)oc4ncnc(NC5(C)CC5)c34)CC2)nc1F. The summed E-state index contributed by atoms with van der Waals surface area (Å²) in [7, 11) is 1.42. The van der Waals surface area contributed by atoms with E-state index in [1.165, 1.54) is 13.4 Å². The number of piperidine rings is 1. The van der Waals surface area contributed by atoms with Crippen LogP contribution in [-0.2, 0) is 0 Å². The van der Waals surface area contributed by atoms with Crippen molar-refractivity contribution < 1.29 is 18.3 Å². The zero-order valence-corrected chi connectivity index (χ0v) is 18.4. The number of nitrogens with zero attached hydrogens (tertiary/aromatic N) is 4. The molecule has 9 heteroatoms. The van der Waals surface area contributed by atoms with E-state index in [1.807, 2.05) is 4.90 Å². The molecule has 1 aliphatic heterocycles. The molecule has 8 nitrogen and oxygen atoms in total. The van der Waals surface area contributed by atoms with E-state index in [4.69, 9.17) is 9.15 Å². The van der Waals surface area contributed by atoms with Crippen molar-refractivity contribution in [3.63, 3.8) is 0 Å². The number of halogens is 1. The number of aryl methyl sites for hydroxylation is 1. The predicted octanol–water partition coefficient (Wildman–Crippen LogP) is 4.06. The average molecular weight is 439 g/mol. The van der Waals surface area contributed by atoms with Crippen LogP contribution in [0.1, 0.15) is 60.3 Å². The molecule has 0 radical (unpaired) electrons. The minimum atomic E-state index is -0.603. The van der Waals surface area contributed by atoms with Crippen LogP contribution >= 0.6 is 0 Å². The fourth-order valence-corrected chi connectivity index (χ4v) is 4.35. The van der Waals surface area contributed by atoms with E-state index in [0.717, 1.165) is 12.8 Å². The monoisotopic (exact) mass is 439 g/mol. The van der Waals surface area contributed by atoms with Crippen molar-refractivity contribution in [3.8, 4) is 5.75 Å². The highest BCUT2D eigenvalue weighted by Crippen LogP contribution is 2.40. The predicted molar refractivity (Wildman–Crippen MR) is 116 cm³/mol. The number of pyridine rings is 1. The second kappa shape index (κ2) is 7.72. The molecule has 1 N–H and O–H groups in total. The summed E-state index contributed by atoms with van der Waals surface area (Å²) in [5.41, 5.74) is 1.63. The highest BCUT2D eigenvalue weighted by Gasteiger charge is 2.39. The number of nitrogens with one attached hydrogen (secondary N) is 1. The number of aromatic nitrogens is 3. The van der Waals surface area contributed by atoms with Gasteiger partial charge < -0.3 is 19.4 Å². The van der Waals surface area contributed by atoms with Gasteiger partial charge in [0.05, 0.1) is 18.1 Å². The van der Waals surface area contributed by atoms with Crippen LogP contribution in [0.15, 0.2) is 22.9 Å². The Labute approximate surface area is 185 Å². The molecule has 0 spiro atoms. The van der Waals surface area contributed by atoms with Crippen molar-refractivity contribution in [2.45, 2.75) is 51.0 Å². The molecule has 0 aromatic carbocycles. The van der Waals surface area contributed by atoms with Crippen LogP contribution in [0.4, 0.5) is 10.2 Å². The van der Waals surface area contributed by atoms with Gasteiger partial charge in [-0.2, -0.15) is 4.39 Å². The van der Waals surface area contributed by atoms with Gasteiger partial charge in [-0.3, -0.25) is 4.79 Å². The minimum Gasteiger partial charge on any atom is -0.492 e. The van der Waals surface area contributed by atoms with Crippen LogP contribution in [0.5, 0.6) is 5.75 Å². The molecule has 1 saturated carbocycles. The van der Waals surface area contributed by atoms with Gasteiger partial charge in [-0.15, -0.1) is 0 Å². The van der Waals surface area contributed by atoms with Gasteiger partial charge in [0.1, 0.15) is 17.9 Å². The van der Waals surface area contributed by atoms with Crippen LogP contribution in [0.25, 0.3) is 11.1 Å². The fourth-order valence-electron chi connectivity index (χ4n) is 4.35. The Kier molecular flexibility index (Phi) is 4.98. The molecule has 0 atom stereocenters. The standard InChI is InChI=1S/C23H26FN5O3/c1-13-17(18-20(28-23(2)8-9-23)25-12-26-21(18)32-13)22(30)29-10-6-14(7-11-29)15-4-5-16(31-3)19(24)27-15/h4-5,12,14H,6-11H2,1-3H3,(H,25,26,28). The third-order valence-electron chi connectivity index (χ3n) is 6.55. The van der Waals surface area contributed by atoms with Gasteiger partial charge in [-0.1, -0.05) is 0 Å². The van der Waals surface area contributed by atoms with Crippen molar-refractivity contribution in [1.82, 2.24) is 19.9 Å². The normalized spacial score (nSPS) is 18.1. The second-order valence-corrected chi connectivity index (χ2v) is 8.92. The lowest BCUT2D eigenvalue weighted by Crippen LogP contribution is -2.38. The first-order chi connectivity index (χ1) is 15.4. The number of amides is 1. The summed E-state index contributed by atoms with van der Waals surface area (Å²) in [5, 5.41) is 4.10. The molecule has 2 fully saturated rings. The number of rotatable bonds is 5. The fraction of sp³-hybridized carbons (Fsp3) is 0.478. The maximum absolute atomic E-state index is 14.0. The van der Waals surface area contributed by atoms with Crippen molar-refractivity contribution in [2.24, 2.45) is 0 Å². The van der Waals surface area contributed by atoms with Crippen LogP contribution in [0.3, 0.4) is 0 Å². The molecule has 0 bridgehead atoms. The van der Waals surface area contributed by atoms with Gasteiger partial charge in [-0.05, 0) is 51.7 Å². The van der Waals surface area contributed by atoms with E-state index in [0.29, 0.717) is 59.9 Å². The molecule has 32 heavy (non-hydrogen) atoms. The molecule has 168 valence electrons. The summed E-state index contributed by atoms with van der Waals surface area (Å²) in [5.74, 6) is 0.714. The summed E-state index contributed by atoms with van der Waals surface area (Å²) in [6.07, 6.45) is 5.00. The van der Waals surface area contributed by atoms with E-state index >= 15 is 0 Å². The van der Waals surface area contributed by atoms with Crippen molar-refractivity contribution in [1.29, 1.82) is 0 Å². The first-order valence-corrected chi connectivity index (χ1v) is 10.9. The number of fused-ring (bicyclic) bond motifs is 1. The Morgan fingerprint density at radius 2 is 2.03 bits per heavy atom. The Morgan fingerprint density at radius 3 is 2.69 bits per heavy atom. The number of ether oxygens (including phenoxy) is 1. The molecule has 5 rings (SSSR count). The van der Waals surface area contributed by atoms with E-state index in [2.05, 4.69) is 27.2 Å². The molecular formula is C23H26FN5O3. The number of furan rings is 1. The minimum absolute atomic E-state index is 0.00571. The highest BCUT2D eigenvalue weighted by molar-refractivity contribution is 6.10. The number of likely N-dealkylation sites (tertiary alicyclic amines) is 1. The number of hydrogen-bond donors (Lipinski definition) is 1. The van der Waals surface area contributed by atoms with Crippen LogP contribution in [-0.4, -0.2) is 51.5 Å². The largest absolute Gasteiger partial charge is 0.492 e. The second-order valence-electron chi connectivity index (χ2n) is 8.92. The van der Waals surface area contributed by atoms with Crippen LogP contribution in [0, 0.1) is 12.9 Å². The molecule has 1 aliphatic carbocycles. The lowest BCUT2D eigenvalue weighted by atomic mass is 9.92. The molecule has 4 heterocycles. The number of methoxy groups -OCH3 is 1. The van der Waals surface area contributed by atoms with Crippen LogP contribution < -0.4 is 10.1 Å². The van der Waals surface area contributed by atoms with Crippen molar-refractivity contribution in [3.05, 3.63) is 41.4 Å². The smallest absolute Gasteiger partial charge is 0.258 e. The Bertz CT molecular complexity index is 1180. The summed E-state index contributed by atoms with van der Waals surface area (Å²) in [6, 6.07) is 3.40. The molecule has 0 unspecified atom stereocenters. The molecular weight excluding hydrogens is 413 g/mol. The third-order valence-corrected chi connectivity index (χ3v) is 6.55. The first kappa shape index (κ1) is 20.7. The zero-order chi connectivity index (χ0) is 22.5. The van der Waals surface area contributed by atoms with Gasteiger partial charge in [0.2, 0.25) is 5.71 Å².